The van der Waals surface area contributed by atoms with E-state index in [1.165, 1.54) is 23.2 Å². The maximum Gasteiger partial charge on any atom is 0.278 e. The van der Waals surface area contributed by atoms with Gasteiger partial charge >= 0.3 is 0 Å². The Hall–Kier alpha value is -2.89. The van der Waals surface area contributed by atoms with E-state index in [0.717, 1.165) is 16.3 Å². The summed E-state index contributed by atoms with van der Waals surface area (Å²) in [6.07, 6.45) is -0.629. The van der Waals surface area contributed by atoms with Crippen LogP contribution in [0.5, 0.6) is 5.75 Å². The van der Waals surface area contributed by atoms with E-state index in [1.54, 1.807) is 12.1 Å². The van der Waals surface area contributed by atoms with Gasteiger partial charge in [-0.3, -0.25) is 4.79 Å². The molecule has 0 heterocycles. The van der Waals surface area contributed by atoms with Gasteiger partial charge in [-0.25, -0.2) is 0 Å². The van der Waals surface area contributed by atoms with E-state index in [4.69, 9.17) is 11.6 Å². The van der Waals surface area contributed by atoms with Crippen molar-refractivity contribution >= 4 is 40.7 Å². The molecule has 144 valence electrons. The Labute approximate surface area is 168 Å². The lowest BCUT2D eigenvalue weighted by Gasteiger charge is -2.22. The van der Waals surface area contributed by atoms with Crippen molar-refractivity contribution < 1.29 is 15.0 Å². The van der Waals surface area contributed by atoms with Gasteiger partial charge in [0.2, 0.25) is 0 Å². The lowest BCUT2D eigenvalue weighted by molar-refractivity contribution is 0.0988. The second-order valence-electron chi connectivity index (χ2n) is 6.83. The summed E-state index contributed by atoms with van der Waals surface area (Å²) in [5.41, 5.74) is 1.60. The summed E-state index contributed by atoms with van der Waals surface area (Å²) in [5, 5.41) is 27.0. The molecule has 3 aromatic carbocycles. The highest BCUT2D eigenvalue weighted by molar-refractivity contribution is 6.32. The molecule has 28 heavy (non-hydrogen) atoms. The van der Waals surface area contributed by atoms with Gasteiger partial charge in [-0.15, -0.1) is 0 Å². The van der Waals surface area contributed by atoms with Crippen LogP contribution in [-0.2, 0) is 0 Å². The highest BCUT2D eigenvalue weighted by Gasteiger charge is 2.22. The fourth-order valence-corrected chi connectivity index (χ4v) is 3.30. The zero-order valence-electron chi connectivity index (χ0n) is 15.6. The summed E-state index contributed by atoms with van der Waals surface area (Å²) in [6.45, 7) is 7.43. The van der Waals surface area contributed by atoms with Gasteiger partial charge in [0.1, 0.15) is 5.75 Å². The van der Waals surface area contributed by atoms with E-state index in [1.807, 2.05) is 38.1 Å². The molecular weight excluding hydrogens is 376 g/mol. The Morgan fingerprint density at radius 1 is 1.11 bits per heavy atom. The zero-order valence-corrected chi connectivity index (χ0v) is 16.4. The number of aromatic hydroxyl groups is 1. The number of aliphatic hydroxyl groups excluding tert-OH is 1. The number of rotatable bonds is 5. The number of benzene rings is 3. The first kappa shape index (κ1) is 19.9. The normalized spacial score (nSPS) is 12.2. The highest BCUT2D eigenvalue weighted by Crippen LogP contribution is 2.35. The molecule has 0 saturated heterocycles. The first-order chi connectivity index (χ1) is 13.3. The van der Waals surface area contributed by atoms with Crippen LogP contribution in [0.4, 0.5) is 5.69 Å². The third kappa shape index (κ3) is 3.59. The molecule has 0 aromatic heterocycles. The molecule has 3 rings (SSSR count). The third-order valence-corrected chi connectivity index (χ3v) is 4.94. The van der Waals surface area contributed by atoms with Gasteiger partial charge in [0.15, 0.2) is 0 Å². The number of hydrogen-bond acceptors (Lipinski definition) is 4. The largest absolute Gasteiger partial charge is 0.506 e. The lowest BCUT2D eigenvalue weighted by atomic mass is 9.93. The molecular formula is C22H21ClN2O3. The summed E-state index contributed by atoms with van der Waals surface area (Å²) in [6, 6.07) is 15.3. The van der Waals surface area contributed by atoms with Crippen molar-refractivity contribution in [2.75, 3.05) is 5.01 Å². The third-order valence-electron chi connectivity index (χ3n) is 4.64. The standard InChI is InChI=1S/C22H21ClN2O3/c1-13(2)21(27)17-9-10-19(16-7-5-4-6-15(16)17)25(24-3)22(28)14-8-11-20(26)18(23)12-14/h4-13,21,26-27H,3H2,1-2H3. The molecule has 0 aliphatic carbocycles. The second kappa shape index (κ2) is 8.00. The molecule has 0 bridgehead atoms. The number of phenols is 1. The molecule has 5 nitrogen and oxygen atoms in total. The van der Waals surface area contributed by atoms with Crippen LogP contribution in [0.1, 0.15) is 35.9 Å². The highest BCUT2D eigenvalue weighted by atomic mass is 35.5. The van der Waals surface area contributed by atoms with Crippen molar-refractivity contribution in [2.24, 2.45) is 11.0 Å². The number of halogens is 1. The van der Waals surface area contributed by atoms with Crippen LogP contribution < -0.4 is 5.01 Å². The number of phenolic OH excluding ortho intramolecular Hbond substituents is 1. The first-order valence-corrected chi connectivity index (χ1v) is 9.22. The van der Waals surface area contributed by atoms with Gasteiger partial charge in [-0.05, 0) is 41.1 Å². The SMILES string of the molecule is C=NN(C(=O)c1ccc(O)c(Cl)c1)c1ccc(C(O)C(C)C)c2ccccc12. The Morgan fingerprint density at radius 3 is 2.39 bits per heavy atom. The molecule has 3 aromatic rings. The number of fused-ring (bicyclic) bond motifs is 1. The van der Waals surface area contributed by atoms with Crippen LogP contribution in [-0.4, -0.2) is 22.8 Å². The van der Waals surface area contributed by atoms with Crippen molar-refractivity contribution in [3.63, 3.8) is 0 Å². The Balaban J connectivity index is 2.13. The summed E-state index contributed by atoms with van der Waals surface area (Å²) >= 11 is 5.94. The maximum absolute atomic E-state index is 13.0. The van der Waals surface area contributed by atoms with E-state index < -0.39 is 12.0 Å². The van der Waals surface area contributed by atoms with Gasteiger partial charge in [0, 0.05) is 17.7 Å². The van der Waals surface area contributed by atoms with Crippen LogP contribution in [0, 0.1) is 5.92 Å². The van der Waals surface area contributed by atoms with Gasteiger partial charge < -0.3 is 10.2 Å². The minimum absolute atomic E-state index is 0.0451. The minimum atomic E-state index is -0.629. The number of anilines is 1. The number of carbonyl (C=O) groups excluding carboxylic acids is 1. The zero-order chi connectivity index (χ0) is 20.4. The smallest absolute Gasteiger partial charge is 0.278 e. The van der Waals surface area contributed by atoms with E-state index in [-0.39, 0.29) is 22.3 Å². The van der Waals surface area contributed by atoms with Crippen LogP contribution >= 0.6 is 11.6 Å². The monoisotopic (exact) mass is 396 g/mol. The predicted octanol–water partition coefficient (Wildman–Crippen LogP) is 5.15. The number of hydrogen-bond donors (Lipinski definition) is 2. The quantitative estimate of drug-likeness (QED) is 0.462. The van der Waals surface area contributed by atoms with Crippen LogP contribution in [0.25, 0.3) is 10.8 Å². The first-order valence-electron chi connectivity index (χ1n) is 8.84. The predicted molar refractivity (Wildman–Crippen MR) is 113 cm³/mol. The van der Waals surface area contributed by atoms with Crippen LogP contribution in [0.2, 0.25) is 5.02 Å². The van der Waals surface area contributed by atoms with Crippen molar-refractivity contribution in [2.45, 2.75) is 20.0 Å². The number of hydrazone groups is 1. The molecule has 1 amide bonds. The van der Waals surface area contributed by atoms with E-state index in [2.05, 4.69) is 11.8 Å². The molecule has 0 aliphatic heterocycles. The minimum Gasteiger partial charge on any atom is -0.506 e. The van der Waals surface area contributed by atoms with Gasteiger partial charge in [-0.2, -0.15) is 10.1 Å². The molecule has 1 atom stereocenters. The molecule has 0 fully saturated rings. The lowest BCUT2D eigenvalue weighted by Crippen LogP contribution is -2.25. The summed E-state index contributed by atoms with van der Waals surface area (Å²) in [7, 11) is 0. The van der Waals surface area contributed by atoms with Gasteiger partial charge in [-0.1, -0.05) is 55.8 Å². The Kier molecular flexibility index (Phi) is 5.68. The molecule has 0 aliphatic rings. The van der Waals surface area contributed by atoms with Crippen LogP contribution in [0.3, 0.4) is 0 Å². The molecule has 0 spiro atoms. The van der Waals surface area contributed by atoms with Crippen LogP contribution in [0.15, 0.2) is 59.7 Å². The average molecular weight is 397 g/mol. The van der Waals surface area contributed by atoms with Gasteiger partial charge in [0.25, 0.3) is 5.91 Å². The topological polar surface area (TPSA) is 73.1 Å². The molecule has 0 saturated carbocycles. The number of aliphatic hydroxyl groups is 1. The molecule has 0 radical (unpaired) electrons. The number of nitrogens with zero attached hydrogens (tertiary/aromatic N) is 2. The maximum atomic E-state index is 13.0. The van der Waals surface area contributed by atoms with E-state index in [0.29, 0.717) is 5.69 Å². The fourth-order valence-electron chi connectivity index (χ4n) is 3.12. The van der Waals surface area contributed by atoms with Crippen molar-refractivity contribution in [3.05, 3.63) is 70.7 Å². The molecule has 2 N–H and O–H groups in total. The van der Waals surface area contributed by atoms with Crippen molar-refractivity contribution in [3.8, 4) is 5.75 Å². The van der Waals surface area contributed by atoms with Gasteiger partial charge in [0.05, 0.1) is 16.8 Å². The van der Waals surface area contributed by atoms with E-state index >= 15 is 0 Å². The Morgan fingerprint density at radius 2 is 1.79 bits per heavy atom. The van der Waals surface area contributed by atoms with Crippen molar-refractivity contribution in [1.29, 1.82) is 0 Å². The Bertz CT molecular complexity index is 1050. The summed E-state index contributed by atoms with van der Waals surface area (Å²) < 4.78 is 0. The average Bonchev–Trinajstić information content (AvgIpc) is 2.70. The molecule has 6 heteroatoms. The van der Waals surface area contributed by atoms with Crippen molar-refractivity contribution in [1.82, 2.24) is 0 Å². The summed E-state index contributed by atoms with van der Waals surface area (Å²) in [4.78, 5) is 13.0. The molecule has 1 unspecified atom stereocenters. The van der Waals surface area contributed by atoms with E-state index in [9.17, 15) is 15.0 Å². The summed E-state index contributed by atoms with van der Waals surface area (Å²) in [5.74, 6) is -0.489. The number of amides is 1. The second-order valence-corrected chi connectivity index (χ2v) is 7.24. The number of carbonyl (C=O) groups is 1. The fraction of sp³-hybridized carbons (Fsp3) is 0.182.